The van der Waals surface area contributed by atoms with Gasteiger partial charge >= 0.3 is 0 Å². The van der Waals surface area contributed by atoms with Crippen molar-refractivity contribution in [3.8, 4) is 17.2 Å². The zero-order chi connectivity index (χ0) is 18.5. The van der Waals surface area contributed by atoms with Crippen LogP contribution in [0.25, 0.3) is 5.69 Å². The average molecular weight is 359 g/mol. The van der Waals surface area contributed by atoms with Crippen molar-refractivity contribution in [1.29, 1.82) is 0 Å². The Morgan fingerprint density at radius 1 is 0.917 bits per heavy atom. The van der Waals surface area contributed by atoms with Crippen LogP contribution in [0.2, 0.25) is 0 Å². The Morgan fingerprint density at radius 3 is 1.83 bits per heavy atom. The summed E-state index contributed by atoms with van der Waals surface area (Å²) in [4.78, 5) is 0. The Kier molecular flexibility index (Phi) is 6.94. The Hall–Kier alpha value is -1.90. The van der Waals surface area contributed by atoms with Gasteiger partial charge in [-0.25, -0.2) is 0 Å². The predicted octanol–water partition coefficient (Wildman–Crippen LogP) is -1.22. The topological polar surface area (TPSA) is 112 Å². The molecule has 8 heteroatoms. The molecule has 7 nitrogen and oxygen atoms in total. The maximum absolute atomic E-state index is 8.60. The average Bonchev–Trinajstić information content (AvgIpc) is 2.44. The number of aryl methyl sites for hydroxylation is 3. The van der Waals surface area contributed by atoms with E-state index >= 15 is 0 Å². The molecule has 1 heterocycles. The number of aromatic nitrogens is 1. The summed E-state index contributed by atoms with van der Waals surface area (Å²) in [6, 6.07) is 10.1. The predicted molar refractivity (Wildman–Crippen MR) is 77.5 cm³/mol. The van der Waals surface area contributed by atoms with Crippen LogP contribution in [-0.2, 0) is 0 Å². The number of halogens is 1. The Balaban J connectivity index is 0.000000505. The first-order valence-corrected chi connectivity index (χ1v) is 8.18. The van der Waals surface area contributed by atoms with Gasteiger partial charge in [0.05, 0.1) is 35.2 Å². The van der Waals surface area contributed by atoms with E-state index < -0.39 is 10.2 Å². The van der Waals surface area contributed by atoms with Gasteiger partial charge in [0, 0.05) is 26.0 Å². The quantitative estimate of drug-likeness (QED) is 0.688. The largest absolute Gasteiger partial charge is 0.497 e. The Bertz CT molecular complexity index is 670. The maximum atomic E-state index is 8.60. The summed E-state index contributed by atoms with van der Waals surface area (Å²) < 4.78 is 45.7. The lowest BCUT2D eigenvalue weighted by Crippen LogP contribution is -2.58. The molecule has 0 aliphatic rings. The molecule has 0 atom stereocenters. The minimum atomic E-state index is -4.69. The molecule has 0 radical (unpaired) electrons. The van der Waals surface area contributed by atoms with Gasteiger partial charge in [0.25, 0.3) is 5.69 Å². The van der Waals surface area contributed by atoms with Crippen LogP contribution >= 0.6 is 0 Å². The van der Waals surface area contributed by atoms with Gasteiger partial charge in [0.2, 0.25) is 0 Å². The number of benzene rings is 1. The minimum Gasteiger partial charge on any atom is -0.497 e. The second-order valence-electron chi connectivity index (χ2n) is 5.08. The summed E-state index contributed by atoms with van der Waals surface area (Å²) in [5.41, 5.74) is 4.60. The van der Waals surface area contributed by atoms with Crippen molar-refractivity contribution in [3.05, 3.63) is 47.3 Å². The van der Waals surface area contributed by atoms with Crippen LogP contribution in [0.1, 0.15) is 17.0 Å². The molecule has 0 saturated carbocycles. The molecule has 2 rings (SSSR count). The zero-order valence-electron chi connectivity index (χ0n) is 14.2. The number of methoxy groups -OCH3 is 2. The molecule has 132 valence electrons. The summed E-state index contributed by atoms with van der Waals surface area (Å²) in [5.74, 6) is 1.66. The van der Waals surface area contributed by atoms with Crippen LogP contribution in [0.5, 0.6) is 11.5 Å². The molecule has 24 heavy (non-hydrogen) atoms. The lowest BCUT2D eigenvalue weighted by Gasteiger charge is -2.10. The smallest absolute Gasteiger partial charge is 0.257 e. The van der Waals surface area contributed by atoms with Gasteiger partial charge in [-0.15, -0.1) is 0 Å². The van der Waals surface area contributed by atoms with E-state index in [1.54, 1.807) is 14.2 Å². The lowest BCUT2D eigenvalue weighted by molar-refractivity contribution is -1.92. The van der Waals surface area contributed by atoms with Crippen molar-refractivity contribution < 1.29 is 42.9 Å². The monoisotopic (exact) mass is 358 g/mol. The van der Waals surface area contributed by atoms with Crippen LogP contribution in [0.15, 0.2) is 30.3 Å². The van der Waals surface area contributed by atoms with E-state index in [4.69, 9.17) is 28.1 Å². The van der Waals surface area contributed by atoms with Gasteiger partial charge < -0.3 is 9.47 Å². The molecule has 0 bridgehead atoms. The summed E-state index contributed by atoms with van der Waals surface area (Å²) >= 11 is 0. The molecular formula is C16H21ClNO6+. The number of nitrogens with zero attached hydrogens (tertiary/aromatic N) is 1. The molecule has 2 aromatic rings. The van der Waals surface area contributed by atoms with Crippen molar-refractivity contribution in [2.75, 3.05) is 14.2 Å². The SMILES string of the molecule is COc1ccc(OC)c(-[n+]2c(C)cc(C)cc2C)c1.[O-][Cl+3]([O-])([O-])O. The summed E-state index contributed by atoms with van der Waals surface area (Å²) in [6.07, 6.45) is 0. The third-order valence-corrected chi connectivity index (χ3v) is 3.21. The fourth-order valence-electron chi connectivity index (χ4n) is 2.46. The maximum Gasteiger partial charge on any atom is 0.257 e. The van der Waals surface area contributed by atoms with Crippen molar-refractivity contribution in [3.63, 3.8) is 0 Å². The molecule has 0 saturated heterocycles. The standard InChI is InChI=1S/C16H20NO2.ClHO4/c1-11-8-12(2)17(13(3)9-11)15-10-14(18-4)6-7-16(15)19-5;2-1(3,4)5/h6-10H,1-5H3;(H,2,3,4,5)/q+1;. The molecule has 0 amide bonds. The summed E-state index contributed by atoms with van der Waals surface area (Å²) in [7, 11) is -1.34. The molecule has 1 aromatic carbocycles. The van der Waals surface area contributed by atoms with Crippen molar-refractivity contribution in [1.82, 2.24) is 0 Å². The van der Waals surface area contributed by atoms with E-state index in [0.29, 0.717) is 0 Å². The van der Waals surface area contributed by atoms with Crippen molar-refractivity contribution in [2.45, 2.75) is 20.8 Å². The fourth-order valence-corrected chi connectivity index (χ4v) is 2.46. The number of hydrogen-bond donors (Lipinski definition) is 1. The molecule has 0 spiro atoms. The molecule has 0 unspecified atom stereocenters. The number of hydrogen-bond acceptors (Lipinski definition) is 6. The van der Waals surface area contributed by atoms with Gasteiger partial charge in [-0.3, -0.25) is 0 Å². The van der Waals surface area contributed by atoms with E-state index in [1.807, 2.05) is 18.2 Å². The fraction of sp³-hybridized carbons (Fsp3) is 0.312. The van der Waals surface area contributed by atoms with Crippen LogP contribution in [0.3, 0.4) is 0 Å². The van der Waals surface area contributed by atoms with Crippen LogP contribution in [-0.4, -0.2) is 18.9 Å². The first-order chi connectivity index (χ1) is 11.1. The van der Waals surface area contributed by atoms with Crippen LogP contribution < -0.4 is 28.0 Å². The van der Waals surface area contributed by atoms with Crippen LogP contribution in [0, 0.1) is 31.0 Å². The third kappa shape index (κ3) is 5.95. The highest BCUT2D eigenvalue weighted by Gasteiger charge is 2.20. The van der Waals surface area contributed by atoms with Gasteiger partial charge in [-0.2, -0.15) is 18.5 Å². The summed E-state index contributed by atoms with van der Waals surface area (Å²) in [5, 5.41) is 0. The molecule has 0 fully saturated rings. The number of ether oxygens (including phenoxy) is 2. The second-order valence-corrected chi connectivity index (χ2v) is 5.88. The van der Waals surface area contributed by atoms with E-state index in [9.17, 15) is 0 Å². The van der Waals surface area contributed by atoms with Gasteiger partial charge in [0.1, 0.15) is 5.75 Å². The number of pyridine rings is 1. The molecule has 1 N–H and O–H groups in total. The highest BCUT2D eigenvalue weighted by Crippen LogP contribution is 2.25. The van der Waals surface area contributed by atoms with Gasteiger partial charge in [-0.05, 0) is 24.6 Å². The third-order valence-electron chi connectivity index (χ3n) is 3.21. The van der Waals surface area contributed by atoms with Gasteiger partial charge in [0.15, 0.2) is 17.1 Å². The Labute approximate surface area is 143 Å². The Morgan fingerprint density at radius 2 is 1.42 bits per heavy atom. The molecule has 1 aromatic heterocycles. The van der Waals surface area contributed by atoms with E-state index in [2.05, 4.69) is 37.5 Å². The van der Waals surface area contributed by atoms with E-state index in [-0.39, 0.29) is 0 Å². The molecule has 0 aliphatic heterocycles. The first kappa shape index (κ1) is 20.1. The lowest BCUT2D eigenvalue weighted by atomic mass is 10.1. The minimum absolute atomic E-state index is 0.822. The molecule has 0 aliphatic carbocycles. The van der Waals surface area contributed by atoms with Crippen molar-refractivity contribution in [2.24, 2.45) is 0 Å². The van der Waals surface area contributed by atoms with Crippen LogP contribution in [0.4, 0.5) is 0 Å². The normalized spacial score (nSPS) is 10.7. The van der Waals surface area contributed by atoms with E-state index in [0.717, 1.165) is 17.2 Å². The first-order valence-electron chi connectivity index (χ1n) is 6.92. The molecular weight excluding hydrogens is 338 g/mol. The van der Waals surface area contributed by atoms with E-state index in [1.165, 1.54) is 17.0 Å². The number of rotatable bonds is 3. The van der Waals surface area contributed by atoms with Crippen molar-refractivity contribution >= 4 is 0 Å². The van der Waals surface area contributed by atoms with Gasteiger partial charge in [-0.1, -0.05) is 0 Å². The zero-order valence-corrected chi connectivity index (χ0v) is 15.0. The second kappa shape index (κ2) is 8.27. The highest BCUT2D eigenvalue weighted by molar-refractivity contribution is 5.46. The highest BCUT2D eigenvalue weighted by atomic mass is 35.7. The summed E-state index contributed by atoms with van der Waals surface area (Å²) in [6.45, 7) is 6.30.